The van der Waals surface area contributed by atoms with Crippen molar-refractivity contribution in [2.24, 2.45) is 5.73 Å². The van der Waals surface area contributed by atoms with E-state index in [9.17, 15) is 4.79 Å². The predicted octanol–water partition coefficient (Wildman–Crippen LogP) is 2.35. The van der Waals surface area contributed by atoms with Crippen LogP contribution in [0.1, 0.15) is 30.0 Å². The van der Waals surface area contributed by atoms with E-state index in [0.29, 0.717) is 26.1 Å². The topological polar surface area (TPSA) is 86.3 Å². The smallest absolute Gasteiger partial charge is 0.222 e. The lowest BCUT2D eigenvalue weighted by Gasteiger charge is -2.16. The van der Waals surface area contributed by atoms with Gasteiger partial charge in [0, 0.05) is 43.6 Å². The molecule has 2 N–H and O–H groups in total. The first-order valence-corrected chi connectivity index (χ1v) is 10.1. The van der Waals surface area contributed by atoms with Crippen LogP contribution in [0.25, 0.3) is 11.0 Å². The fourth-order valence-corrected chi connectivity index (χ4v) is 4.03. The first-order chi connectivity index (χ1) is 14.2. The largest absolute Gasteiger partial charge is 0.497 e. The molecule has 0 aliphatic carbocycles. The summed E-state index contributed by atoms with van der Waals surface area (Å²) in [6.07, 6.45) is 3.97. The number of aromatic nitrogens is 3. The zero-order valence-electron chi connectivity index (χ0n) is 16.8. The van der Waals surface area contributed by atoms with E-state index in [4.69, 9.17) is 15.6 Å². The van der Waals surface area contributed by atoms with Crippen LogP contribution in [0.3, 0.4) is 0 Å². The molecule has 3 aromatic rings. The number of likely N-dealkylation sites (tertiary alicyclic amines) is 1. The second-order valence-electron chi connectivity index (χ2n) is 7.45. The van der Waals surface area contributed by atoms with Gasteiger partial charge in [-0.05, 0) is 42.7 Å². The quantitative estimate of drug-likeness (QED) is 0.666. The number of nitrogens with two attached hydrogens (primary N) is 1. The molecule has 1 aliphatic heterocycles. The fraction of sp³-hybridized carbons (Fsp3) is 0.409. The molecule has 1 amide bonds. The summed E-state index contributed by atoms with van der Waals surface area (Å²) in [6, 6.07) is 11.9. The molecule has 1 fully saturated rings. The van der Waals surface area contributed by atoms with Crippen molar-refractivity contribution in [3.8, 4) is 5.75 Å². The molecule has 1 aromatic carbocycles. The van der Waals surface area contributed by atoms with Crippen LogP contribution in [0.2, 0.25) is 0 Å². The van der Waals surface area contributed by atoms with E-state index < -0.39 is 0 Å². The Kier molecular flexibility index (Phi) is 5.76. The number of amides is 1. The van der Waals surface area contributed by atoms with E-state index in [0.717, 1.165) is 47.4 Å². The highest BCUT2D eigenvalue weighted by molar-refractivity contribution is 5.80. The molecule has 1 aliphatic rings. The highest BCUT2D eigenvalue weighted by Gasteiger charge is 2.30. The van der Waals surface area contributed by atoms with Gasteiger partial charge < -0.3 is 15.4 Å². The Morgan fingerprint density at radius 2 is 2.10 bits per heavy atom. The molecular formula is C22H27N5O2. The van der Waals surface area contributed by atoms with Crippen molar-refractivity contribution < 1.29 is 9.53 Å². The number of hydrogen-bond acceptors (Lipinski definition) is 5. The number of carbonyl (C=O) groups is 1. The first-order valence-electron chi connectivity index (χ1n) is 10.1. The Balaban J connectivity index is 1.41. The predicted molar refractivity (Wildman–Crippen MR) is 112 cm³/mol. The minimum atomic E-state index is 0.201. The number of carbonyl (C=O) groups excluding carboxylic acids is 1. The molecule has 0 saturated carbocycles. The standard InChI is InChI=1S/C22H27N5O2/c1-29-18-7-4-16(5-8-18)6-9-20(28)26-13-10-17(15-26)21-19-3-2-12-24-22(19)27(25-21)14-11-23/h2-5,7-8,12,17H,6,9-11,13-15,23H2,1H3. The van der Waals surface area contributed by atoms with Gasteiger partial charge in [0.05, 0.1) is 19.3 Å². The van der Waals surface area contributed by atoms with Gasteiger partial charge in [0.15, 0.2) is 5.65 Å². The van der Waals surface area contributed by atoms with Gasteiger partial charge in [-0.3, -0.25) is 4.79 Å². The van der Waals surface area contributed by atoms with E-state index in [-0.39, 0.29) is 11.8 Å². The first kappa shape index (κ1) is 19.4. The lowest BCUT2D eigenvalue weighted by molar-refractivity contribution is -0.130. The maximum atomic E-state index is 12.7. The molecule has 152 valence electrons. The van der Waals surface area contributed by atoms with Crippen molar-refractivity contribution in [2.45, 2.75) is 31.7 Å². The van der Waals surface area contributed by atoms with Crippen molar-refractivity contribution in [3.05, 3.63) is 53.9 Å². The number of pyridine rings is 1. The summed E-state index contributed by atoms with van der Waals surface area (Å²) < 4.78 is 7.07. The molecule has 0 bridgehead atoms. The molecule has 29 heavy (non-hydrogen) atoms. The average Bonchev–Trinajstić information content (AvgIpc) is 3.38. The maximum absolute atomic E-state index is 12.7. The van der Waals surface area contributed by atoms with Crippen molar-refractivity contribution in [3.63, 3.8) is 0 Å². The number of hydrogen-bond donors (Lipinski definition) is 1. The molecule has 1 saturated heterocycles. The average molecular weight is 393 g/mol. The molecule has 1 atom stereocenters. The van der Waals surface area contributed by atoms with Gasteiger partial charge in [0.25, 0.3) is 0 Å². The molecule has 0 spiro atoms. The van der Waals surface area contributed by atoms with Gasteiger partial charge >= 0.3 is 0 Å². The van der Waals surface area contributed by atoms with E-state index in [1.54, 1.807) is 13.3 Å². The number of nitrogens with zero attached hydrogens (tertiary/aromatic N) is 4. The number of methoxy groups -OCH3 is 1. The van der Waals surface area contributed by atoms with E-state index in [2.05, 4.69) is 11.1 Å². The van der Waals surface area contributed by atoms with Gasteiger partial charge in [-0.2, -0.15) is 5.10 Å². The highest BCUT2D eigenvalue weighted by atomic mass is 16.5. The fourth-order valence-electron chi connectivity index (χ4n) is 4.03. The highest BCUT2D eigenvalue weighted by Crippen LogP contribution is 2.31. The van der Waals surface area contributed by atoms with E-state index in [1.807, 2.05) is 39.9 Å². The lowest BCUT2D eigenvalue weighted by atomic mass is 10.0. The van der Waals surface area contributed by atoms with Crippen molar-refractivity contribution in [1.29, 1.82) is 0 Å². The molecule has 3 heterocycles. The summed E-state index contributed by atoms with van der Waals surface area (Å²) in [5, 5.41) is 5.86. The maximum Gasteiger partial charge on any atom is 0.222 e. The molecule has 1 unspecified atom stereocenters. The summed E-state index contributed by atoms with van der Waals surface area (Å²) in [5.41, 5.74) is 8.78. The molecule has 2 aromatic heterocycles. The van der Waals surface area contributed by atoms with Gasteiger partial charge in [-0.15, -0.1) is 0 Å². The number of rotatable bonds is 7. The van der Waals surface area contributed by atoms with Crippen molar-refractivity contribution in [2.75, 3.05) is 26.7 Å². The molecule has 7 heteroatoms. The van der Waals surface area contributed by atoms with Crippen LogP contribution in [0.15, 0.2) is 42.6 Å². The minimum absolute atomic E-state index is 0.201. The second-order valence-corrected chi connectivity index (χ2v) is 7.45. The van der Waals surface area contributed by atoms with Crippen LogP contribution in [-0.2, 0) is 17.8 Å². The molecule has 0 radical (unpaired) electrons. The second kappa shape index (κ2) is 8.61. The normalized spacial score (nSPS) is 16.5. The van der Waals surface area contributed by atoms with Crippen LogP contribution < -0.4 is 10.5 Å². The van der Waals surface area contributed by atoms with Gasteiger partial charge in [-0.25, -0.2) is 9.67 Å². The van der Waals surface area contributed by atoms with E-state index >= 15 is 0 Å². The van der Waals surface area contributed by atoms with Crippen molar-refractivity contribution in [1.82, 2.24) is 19.7 Å². The van der Waals surface area contributed by atoms with Crippen LogP contribution in [0, 0.1) is 0 Å². The number of benzene rings is 1. The van der Waals surface area contributed by atoms with Crippen LogP contribution in [0.5, 0.6) is 5.75 Å². The zero-order valence-corrected chi connectivity index (χ0v) is 16.8. The third-order valence-corrected chi connectivity index (χ3v) is 5.59. The SMILES string of the molecule is COc1ccc(CCC(=O)N2CCC(c3nn(CCN)c4ncccc34)C2)cc1. The summed E-state index contributed by atoms with van der Waals surface area (Å²) in [5.74, 6) is 1.27. The van der Waals surface area contributed by atoms with Gasteiger partial charge in [-0.1, -0.05) is 12.1 Å². The Hall–Kier alpha value is -2.93. The van der Waals surface area contributed by atoms with Crippen LogP contribution in [-0.4, -0.2) is 52.3 Å². The molecule has 7 nitrogen and oxygen atoms in total. The number of aryl methyl sites for hydroxylation is 1. The number of ether oxygens (including phenoxy) is 1. The minimum Gasteiger partial charge on any atom is -0.497 e. The zero-order chi connectivity index (χ0) is 20.2. The van der Waals surface area contributed by atoms with Gasteiger partial charge in [0.1, 0.15) is 5.75 Å². The molecule has 4 rings (SSSR count). The number of fused-ring (bicyclic) bond motifs is 1. The Morgan fingerprint density at radius 1 is 1.28 bits per heavy atom. The molecular weight excluding hydrogens is 366 g/mol. The van der Waals surface area contributed by atoms with E-state index in [1.165, 1.54) is 0 Å². The van der Waals surface area contributed by atoms with Gasteiger partial charge in [0.2, 0.25) is 5.91 Å². The van der Waals surface area contributed by atoms with Crippen LogP contribution >= 0.6 is 0 Å². The van der Waals surface area contributed by atoms with Crippen LogP contribution in [0.4, 0.5) is 0 Å². The lowest BCUT2D eigenvalue weighted by Crippen LogP contribution is -2.28. The monoisotopic (exact) mass is 393 g/mol. The summed E-state index contributed by atoms with van der Waals surface area (Å²) in [4.78, 5) is 19.2. The summed E-state index contributed by atoms with van der Waals surface area (Å²) in [6.45, 7) is 2.65. The third kappa shape index (κ3) is 4.10. The Bertz CT molecular complexity index is 983. The summed E-state index contributed by atoms with van der Waals surface area (Å²) >= 11 is 0. The third-order valence-electron chi connectivity index (χ3n) is 5.59. The summed E-state index contributed by atoms with van der Waals surface area (Å²) in [7, 11) is 1.65. The Labute approximate surface area is 170 Å². The Morgan fingerprint density at radius 3 is 2.86 bits per heavy atom. The van der Waals surface area contributed by atoms with Crippen molar-refractivity contribution >= 4 is 16.9 Å².